The molecule has 0 aliphatic carbocycles. The third kappa shape index (κ3) is 4.84. The molecule has 1 unspecified atom stereocenters. The molecular formula is C19H29FN4O. The van der Waals surface area contributed by atoms with Gasteiger partial charge < -0.3 is 20.0 Å². The molecule has 1 aromatic carbocycles. The van der Waals surface area contributed by atoms with Crippen molar-refractivity contribution >= 4 is 11.7 Å². The zero-order valence-electron chi connectivity index (χ0n) is 15.1. The molecule has 1 N–H and O–H groups in total. The summed E-state index contributed by atoms with van der Waals surface area (Å²) >= 11 is 0. The van der Waals surface area contributed by atoms with Crippen molar-refractivity contribution in [2.75, 3.05) is 57.3 Å². The fourth-order valence-electron chi connectivity index (χ4n) is 3.78. The highest BCUT2D eigenvalue weighted by Crippen LogP contribution is 2.20. The smallest absolute Gasteiger partial charge is 0.317 e. The second-order valence-corrected chi connectivity index (χ2v) is 7.21. The normalized spacial score (nSPS) is 22.1. The van der Waals surface area contributed by atoms with Crippen molar-refractivity contribution in [2.45, 2.75) is 19.8 Å². The lowest BCUT2D eigenvalue weighted by Crippen LogP contribution is -2.53. The first kappa shape index (κ1) is 18.0. The maximum atomic E-state index is 13.9. The number of para-hydroxylation sites is 1. The van der Waals surface area contributed by atoms with Gasteiger partial charge in [0, 0.05) is 45.8 Å². The monoisotopic (exact) mass is 348 g/mol. The van der Waals surface area contributed by atoms with Gasteiger partial charge in [-0.25, -0.2) is 9.18 Å². The number of nitrogens with one attached hydrogen (secondary N) is 1. The Hall–Kier alpha value is -1.82. The average Bonchev–Trinajstić information content (AvgIpc) is 2.62. The first-order chi connectivity index (χ1) is 12.1. The van der Waals surface area contributed by atoms with E-state index in [0.717, 1.165) is 25.6 Å². The van der Waals surface area contributed by atoms with Crippen LogP contribution in [-0.2, 0) is 0 Å². The number of halogens is 1. The lowest BCUT2D eigenvalue weighted by Gasteiger charge is -2.36. The number of piperazine rings is 1. The Labute approximate surface area is 149 Å². The van der Waals surface area contributed by atoms with Gasteiger partial charge in [-0.2, -0.15) is 0 Å². The standard InChI is InChI=1S/C19H29FN4O/c1-16-5-4-9-22(15-16)10-8-21-19(25)24-13-11-23(12-14-24)18-7-3-2-6-17(18)20/h2-3,6-7,16H,4-5,8-15H2,1H3,(H,21,25). The van der Waals surface area contributed by atoms with Crippen LogP contribution >= 0.6 is 0 Å². The second-order valence-electron chi connectivity index (χ2n) is 7.21. The van der Waals surface area contributed by atoms with Crippen molar-refractivity contribution in [1.82, 2.24) is 15.1 Å². The number of hydrogen-bond acceptors (Lipinski definition) is 3. The van der Waals surface area contributed by atoms with Crippen LogP contribution in [0.4, 0.5) is 14.9 Å². The highest BCUT2D eigenvalue weighted by Gasteiger charge is 2.23. The van der Waals surface area contributed by atoms with Gasteiger partial charge in [-0.1, -0.05) is 19.1 Å². The maximum absolute atomic E-state index is 13.9. The predicted octanol–water partition coefficient (Wildman–Crippen LogP) is 2.39. The van der Waals surface area contributed by atoms with Crippen LogP contribution in [0.2, 0.25) is 0 Å². The van der Waals surface area contributed by atoms with Crippen molar-refractivity contribution < 1.29 is 9.18 Å². The highest BCUT2D eigenvalue weighted by molar-refractivity contribution is 5.74. The summed E-state index contributed by atoms with van der Waals surface area (Å²) in [6.45, 7) is 8.76. The second kappa shape index (κ2) is 8.52. The molecule has 5 nitrogen and oxygen atoms in total. The molecule has 2 amide bonds. The fraction of sp³-hybridized carbons (Fsp3) is 0.632. The summed E-state index contributed by atoms with van der Waals surface area (Å²) < 4.78 is 13.9. The number of nitrogens with zero attached hydrogens (tertiary/aromatic N) is 3. The van der Waals surface area contributed by atoms with E-state index in [2.05, 4.69) is 17.1 Å². The quantitative estimate of drug-likeness (QED) is 0.908. The van der Waals surface area contributed by atoms with Crippen LogP contribution in [-0.4, -0.2) is 68.2 Å². The van der Waals surface area contributed by atoms with Crippen LogP contribution < -0.4 is 10.2 Å². The molecule has 0 aromatic heterocycles. The topological polar surface area (TPSA) is 38.8 Å². The van der Waals surface area contributed by atoms with Gasteiger partial charge in [0.05, 0.1) is 5.69 Å². The zero-order valence-corrected chi connectivity index (χ0v) is 15.1. The molecule has 25 heavy (non-hydrogen) atoms. The van der Waals surface area contributed by atoms with Crippen LogP contribution in [0.5, 0.6) is 0 Å². The number of amides is 2. The average molecular weight is 348 g/mol. The molecular weight excluding hydrogens is 319 g/mol. The van der Waals surface area contributed by atoms with E-state index in [1.807, 2.05) is 15.9 Å². The van der Waals surface area contributed by atoms with Gasteiger partial charge in [0.1, 0.15) is 5.82 Å². The number of carbonyl (C=O) groups is 1. The summed E-state index contributed by atoms with van der Waals surface area (Å²) in [5.41, 5.74) is 0.627. The Morgan fingerprint density at radius 2 is 1.96 bits per heavy atom. The van der Waals surface area contributed by atoms with E-state index in [9.17, 15) is 9.18 Å². The molecule has 0 bridgehead atoms. The minimum absolute atomic E-state index is 0.00163. The van der Waals surface area contributed by atoms with Crippen molar-refractivity contribution in [3.05, 3.63) is 30.1 Å². The molecule has 2 heterocycles. The zero-order chi connectivity index (χ0) is 17.6. The molecule has 2 aliphatic heterocycles. The molecule has 2 saturated heterocycles. The van der Waals surface area contributed by atoms with Crippen LogP contribution in [0.15, 0.2) is 24.3 Å². The van der Waals surface area contributed by atoms with Gasteiger partial charge in [0.2, 0.25) is 0 Å². The molecule has 2 aliphatic rings. The number of anilines is 1. The van der Waals surface area contributed by atoms with Crippen LogP contribution in [0.25, 0.3) is 0 Å². The summed E-state index contributed by atoms with van der Waals surface area (Å²) in [4.78, 5) is 18.6. The molecule has 138 valence electrons. The summed E-state index contributed by atoms with van der Waals surface area (Å²) in [7, 11) is 0. The van der Waals surface area contributed by atoms with Crippen LogP contribution in [0.1, 0.15) is 19.8 Å². The summed E-state index contributed by atoms with van der Waals surface area (Å²) in [6, 6.07) is 6.82. The third-order valence-corrected chi connectivity index (χ3v) is 5.21. The highest BCUT2D eigenvalue weighted by atomic mass is 19.1. The van der Waals surface area contributed by atoms with E-state index in [1.54, 1.807) is 12.1 Å². The van der Waals surface area contributed by atoms with Gasteiger partial charge >= 0.3 is 6.03 Å². The van der Waals surface area contributed by atoms with Crippen molar-refractivity contribution in [2.24, 2.45) is 5.92 Å². The Balaban J connectivity index is 1.39. The van der Waals surface area contributed by atoms with Crippen LogP contribution in [0, 0.1) is 11.7 Å². The Morgan fingerprint density at radius 3 is 2.68 bits per heavy atom. The van der Waals surface area contributed by atoms with Crippen molar-refractivity contribution in [3.63, 3.8) is 0 Å². The Kier molecular flexibility index (Phi) is 6.13. The van der Waals surface area contributed by atoms with Crippen molar-refractivity contribution in [1.29, 1.82) is 0 Å². The van der Waals surface area contributed by atoms with Crippen LogP contribution in [0.3, 0.4) is 0 Å². The Bertz CT molecular complexity index is 574. The predicted molar refractivity (Wildman–Crippen MR) is 98.4 cm³/mol. The first-order valence-corrected chi connectivity index (χ1v) is 9.38. The van der Waals surface area contributed by atoms with Gasteiger partial charge in [0.25, 0.3) is 0 Å². The number of benzene rings is 1. The molecule has 6 heteroatoms. The SMILES string of the molecule is CC1CCCN(CCNC(=O)N2CCN(c3ccccc3F)CC2)C1. The van der Waals surface area contributed by atoms with Gasteiger partial charge in [-0.15, -0.1) is 0 Å². The maximum Gasteiger partial charge on any atom is 0.317 e. The number of likely N-dealkylation sites (tertiary alicyclic amines) is 1. The fourth-order valence-corrected chi connectivity index (χ4v) is 3.78. The summed E-state index contributed by atoms with van der Waals surface area (Å²) in [6.07, 6.45) is 2.57. The first-order valence-electron chi connectivity index (χ1n) is 9.38. The number of carbonyl (C=O) groups excluding carboxylic acids is 1. The van der Waals surface area contributed by atoms with E-state index >= 15 is 0 Å². The molecule has 3 rings (SSSR count). The summed E-state index contributed by atoms with van der Waals surface area (Å²) in [5, 5.41) is 3.03. The minimum Gasteiger partial charge on any atom is -0.366 e. The van der Waals surface area contributed by atoms with Gasteiger partial charge in [0.15, 0.2) is 0 Å². The molecule has 1 aromatic rings. The molecule has 2 fully saturated rings. The van der Waals surface area contributed by atoms with E-state index in [-0.39, 0.29) is 11.8 Å². The number of rotatable bonds is 4. The number of urea groups is 1. The molecule has 0 saturated carbocycles. The van der Waals surface area contributed by atoms with E-state index in [0.29, 0.717) is 38.4 Å². The number of hydrogen-bond donors (Lipinski definition) is 1. The van der Waals surface area contributed by atoms with E-state index < -0.39 is 0 Å². The lowest BCUT2D eigenvalue weighted by atomic mass is 10.0. The summed E-state index contributed by atoms with van der Waals surface area (Å²) in [5.74, 6) is 0.562. The number of piperidine rings is 1. The molecule has 0 radical (unpaired) electrons. The van der Waals surface area contributed by atoms with Gasteiger partial charge in [-0.3, -0.25) is 0 Å². The third-order valence-electron chi connectivity index (χ3n) is 5.21. The molecule has 0 spiro atoms. The van der Waals surface area contributed by atoms with Gasteiger partial charge in [-0.05, 0) is 37.4 Å². The largest absolute Gasteiger partial charge is 0.366 e. The van der Waals surface area contributed by atoms with E-state index in [1.165, 1.54) is 18.9 Å². The minimum atomic E-state index is -0.198. The van der Waals surface area contributed by atoms with Crippen molar-refractivity contribution in [3.8, 4) is 0 Å². The Morgan fingerprint density at radius 1 is 1.20 bits per heavy atom. The lowest BCUT2D eigenvalue weighted by molar-refractivity contribution is 0.175. The van der Waals surface area contributed by atoms with E-state index in [4.69, 9.17) is 0 Å². The molecule has 1 atom stereocenters.